The molecule has 0 radical (unpaired) electrons. The van der Waals surface area contributed by atoms with Crippen LogP contribution in [0.4, 0.5) is 0 Å². The molecule has 0 atom stereocenters. The van der Waals surface area contributed by atoms with E-state index in [-0.39, 0.29) is 30.0 Å². The zero-order valence-electron chi connectivity index (χ0n) is 16.8. The maximum Gasteiger partial charge on any atom is 0.261 e. The summed E-state index contributed by atoms with van der Waals surface area (Å²) >= 11 is 0. The lowest BCUT2D eigenvalue weighted by atomic mass is 10.0. The predicted octanol–water partition coefficient (Wildman–Crippen LogP) is 1.86. The molecule has 2 aromatic rings. The lowest BCUT2D eigenvalue weighted by Crippen LogP contribution is -2.47. The average molecular weight is 384 g/mol. The van der Waals surface area contributed by atoms with E-state index in [2.05, 4.69) is 10.3 Å². The number of rotatable bonds is 5. The molecule has 150 valence electrons. The van der Waals surface area contributed by atoms with Crippen LogP contribution in [0, 0.1) is 12.8 Å². The van der Waals surface area contributed by atoms with Crippen molar-refractivity contribution in [2.45, 2.75) is 52.6 Å². The summed E-state index contributed by atoms with van der Waals surface area (Å²) in [4.78, 5) is 43.4. The molecule has 0 aliphatic carbocycles. The highest BCUT2D eigenvalue weighted by Gasteiger charge is 2.24. The van der Waals surface area contributed by atoms with Crippen molar-refractivity contribution in [3.05, 3.63) is 40.4 Å². The molecule has 3 rings (SSSR count). The normalized spacial score (nSPS) is 15.2. The van der Waals surface area contributed by atoms with Crippen molar-refractivity contribution in [3.8, 4) is 0 Å². The fourth-order valence-electron chi connectivity index (χ4n) is 3.63. The fraction of sp³-hybridized carbons (Fsp3) is 0.524. The highest BCUT2D eigenvalue weighted by molar-refractivity contribution is 5.81. The number of piperidine rings is 1. The molecule has 1 N–H and O–H groups in total. The molecule has 28 heavy (non-hydrogen) atoms. The van der Waals surface area contributed by atoms with Crippen LogP contribution in [0.1, 0.15) is 38.7 Å². The van der Waals surface area contributed by atoms with Gasteiger partial charge in [-0.3, -0.25) is 19.0 Å². The molecular formula is C21H28N4O3. The monoisotopic (exact) mass is 384 g/mol. The van der Waals surface area contributed by atoms with Crippen molar-refractivity contribution < 1.29 is 9.59 Å². The van der Waals surface area contributed by atoms with E-state index in [0.717, 1.165) is 18.4 Å². The van der Waals surface area contributed by atoms with Crippen LogP contribution in [-0.2, 0) is 16.1 Å². The van der Waals surface area contributed by atoms with Crippen LogP contribution < -0.4 is 10.9 Å². The molecule has 7 nitrogen and oxygen atoms in total. The van der Waals surface area contributed by atoms with Gasteiger partial charge in [0.1, 0.15) is 6.54 Å². The number of nitrogens with one attached hydrogen (secondary N) is 1. The van der Waals surface area contributed by atoms with Gasteiger partial charge in [0.25, 0.3) is 5.56 Å². The summed E-state index contributed by atoms with van der Waals surface area (Å²) in [6.07, 6.45) is 3.47. The van der Waals surface area contributed by atoms with Crippen LogP contribution >= 0.6 is 0 Å². The number of hydrogen-bond donors (Lipinski definition) is 1. The first kappa shape index (κ1) is 20.0. The lowest BCUT2D eigenvalue weighted by molar-refractivity contribution is -0.133. The fourth-order valence-corrected chi connectivity index (χ4v) is 3.63. The van der Waals surface area contributed by atoms with Crippen LogP contribution in [-0.4, -0.2) is 45.4 Å². The standard InChI is InChI=1S/C21H28N4O3/c1-14(2)11-19(27)24-9-7-16(8-10-24)23-18(26)12-25-13-22-20-15(3)5-4-6-17(20)21(25)28/h4-6,13-14,16H,7-12H2,1-3H3,(H,23,26). The molecule has 1 saturated heterocycles. The van der Waals surface area contributed by atoms with Crippen molar-refractivity contribution in [3.63, 3.8) is 0 Å². The third-order valence-electron chi connectivity index (χ3n) is 5.16. The number of nitrogens with zero attached hydrogens (tertiary/aromatic N) is 3. The zero-order valence-corrected chi connectivity index (χ0v) is 16.8. The van der Waals surface area contributed by atoms with Gasteiger partial charge >= 0.3 is 0 Å². The molecule has 0 saturated carbocycles. The summed E-state index contributed by atoms with van der Waals surface area (Å²) in [5.41, 5.74) is 1.39. The largest absolute Gasteiger partial charge is 0.352 e. The number of fused-ring (bicyclic) bond motifs is 1. The first-order valence-corrected chi connectivity index (χ1v) is 9.87. The summed E-state index contributed by atoms with van der Waals surface area (Å²) in [6, 6.07) is 5.49. The number of hydrogen-bond acceptors (Lipinski definition) is 4. The molecule has 0 bridgehead atoms. The Morgan fingerprint density at radius 3 is 2.64 bits per heavy atom. The zero-order chi connectivity index (χ0) is 20.3. The Hall–Kier alpha value is -2.70. The van der Waals surface area contributed by atoms with E-state index in [4.69, 9.17) is 0 Å². The van der Waals surface area contributed by atoms with E-state index < -0.39 is 0 Å². The molecule has 2 heterocycles. The highest BCUT2D eigenvalue weighted by Crippen LogP contribution is 2.14. The Bertz CT molecular complexity index is 927. The van der Waals surface area contributed by atoms with E-state index in [9.17, 15) is 14.4 Å². The van der Waals surface area contributed by atoms with E-state index >= 15 is 0 Å². The Balaban J connectivity index is 1.57. The number of aromatic nitrogens is 2. The van der Waals surface area contributed by atoms with Crippen molar-refractivity contribution in [1.29, 1.82) is 0 Å². The number of likely N-dealkylation sites (tertiary alicyclic amines) is 1. The quantitative estimate of drug-likeness (QED) is 0.853. The summed E-state index contributed by atoms with van der Waals surface area (Å²) in [5.74, 6) is 0.328. The minimum atomic E-state index is -0.210. The number of carbonyl (C=O) groups excluding carboxylic acids is 2. The van der Waals surface area contributed by atoms with Gasteiger partial charge in [-0.05, 0) is 37.3 Å². The Morgan fingerprint density at radius 1 is 1.25 bits per heavy atom. The average Bonchev–Trinajstić information content (AvgIpc) is 2.64. The maximum absolute atomic E-state index is 12.6. The molecular weight excluding hydrogens is 356 g/mol. The summed E-state index contributed by atoms with van der Waals surface area (Å²) in [7, 11) is 0. The molecule has 1 fully saturated rings. The van der Waals surface area contributed by atoms with Gasteiger partial charge in [0.15, 0.2) is 0 Å². The van der Waals surface area contributed by atoms with Gasteiger partial charge in [0, 0.05) is 25.6 Å². The Morgan fingerprint density at radius 2 is 1.96 bits per heavy atom. The van der Waals surface area contributed by atoms with Gasteiger partial charge in [-0.2, -0.15) is 0 Å². The van der Waals surface area contributed by atoms with Crippen LogP contribution in [0.5, 0.6) is 0 Å². The number of aryl methyl sites for hydroxylation is 1. The van der Waals surface area contributed by atoms with Gasteiger partial charge in [-0.25, -0.2) is 4.98 Å². The molecule has 0 spiro atoms. The second kappa shape index (κ2) is 8.54. The lowest BCUT2D eigenvalue weighted by Gasteiger charge is -2.33. The van der Waals surface area contributed by atoms with Crippen molar-refractivity contribution in [2.75, 3.05) is 13.1 Å². The molecule has 7 heteroatoms. The minimum absolute atomic E-state index is 0.0296. The third-order valence-corrected chi connectivity index (χ3v) is 5.16. The van der Waals surface area contributed by atoms with Crippen LogP contribution in [0.15, 0.2) is 29.3 Å². The number of amides is 2. The Labute approximate surface area is 164 Å². The van der Waals surface area contributed by atoms with E-state index in [0.29, 0.717) is 36.3 Å². The number of para-hydroxylation sites is 1. The molecule has 1 aliphatic heterocycles. The molecule has 1 aromatic carbocycles. The molecule has 2 amide bonds. The Kier molecular flexibility index (Phi) is 6.11. The number of carbonyl (C=O) groups is 2. The van der Waals surface area contributed by atoms with Gasteiger partial charge in [-0.15, -0.1) is 0 Å². The van der Waals surface area contributed by atoms with Gasteiger partial charge in [0.2, 0.25) is 11.8 Å². The predicted molar refractivity (Wildman–Crippen MR) is 108 cm³/mol. The second-order valence-electron chi connectivity index (χ2n) is 7.97. The van der Waals surface area contributed by atoms with E-state index in [1.54, 1.807) is 6.07 Å². The summed E-state index contributed by atoms with van der Waals surface area (Å²) in [6.45, 7) is 7.25. The van der Waals surface area contributed by atoms with Crippen LogP contribution in [0.2, 0.25) is 0 Å². The molecule has 0 unspecified atom stereocenters. The van der Waals surface area contributed by atoms with Gasteiger partial charge in [-0.1, -0.05) is 26.0 Å². The topological polar surface area (TPSA) is 84.3 Å². The first-order valence-electron chi connectivity index (χ1n) is 9.87. The third kappa shape index (κ3) is 4.58. The van der Waals surface area contributed by atoms with Crippen LogP contribution in [0.25, 0.3) is 10.9 Å². The van der Waals surface area contributed by atoms with Crippen molar-refractivity contribution in [2.24, 2.45) is 5.92 Å². The molecule has 1 aromatic heterocycles. The van der Waals surface area contributed by atoms with Crippen LogP contribution in [0.3, 0.4) is 0 Å². The van der Waals surface area contributed by atoms with Gasteiger partial charge in [0.05, 0.1) is 17.2 Å². The minimum Gasteiger partial charge on any atom is -0.352 e. The SMILES string of the molecule is Cc1cccc2c(=O)n(CC(=O)NC3CCN(C(=O)CC(C)C)CC3)cnc12. The smallest absolute Gasteiger partial charge is 0.261 e. The summed E-state index contributed by atoms with van der Waals surface area (Å²) < 4.78 is 1.35. The first-order chi connectivity index (χ1) is 13.3. The van der Waals surface area contributed by atoms with Crippen molar-refractivity contribution in [1.82, 2.24) is 19.8 Å². The maximum atomic E-state index is 12.6. The number of benzene rings is 1. The van der Waals surface area contributed by atoms with E-state index in [1.165, 1.54) is 10.9 Å². The molecule has 1 aliphatic rings. The highest BCUT2D eigenvalue weighted by atomic mass is 16.2. The summed E-state index contributed by atoms with van der Waals surface area (Å²) in [5, 5.41) is 3.51. The second-order valence-corrected chi connectivity index (χ2v) is 7.97. The van der Waals surface area contributed by atoms with Crippen molar-refractivity contribution >= 4 is 22.7 Å². The van der Waals surface area contributed by atoms with Gasteiger partial charge < -0.3 is 10.2 Å². The van der Waals surface area contributed by atoms with E-state index in [1.807, 2.05) is 37.8 Å².